The number of rotatable bonds is 3. The van der Waals surface area contributed by atoms with Gasteiger partial charge < -0.3 is 10.8 Å². The van der Waals surface area contributed by atoms with Crippen molar-refractivity contribution in [1.29, 1.82) is 0 Å². The maximum absolute atomic E-state index is 9.80. The van der Waals surface area contributed by atoms with Crippen LogP contribution in [0.1, 0.15) is 24.9 Å². The largest absolute Gasteiger partial charge is 0.507 e. The summed E-state index contributed by atoms with van der Waals surface area (Å²) in [6.45, 7) is 5.86. The van der Waals surface area contributed by atoms with Crippen LogP contribution in [0.25, 0.3) is 10.8 Å². The molecule has 0 unspecified atom stereocenters. The Hall–Kier alpha value is -1.80. The van der Waals surface area contributed by atoms with Gasteiger partial charge in [-0.2, -0.15) is 0 Å². The number of phenolic OH excluding ortho intramolecular Hbond substituents is 1. The van der Waals surface area contributed by atoms with Gasteiger partial charge in [0, 0.05) is 11.4 Å². The normalized spacial score (nSPS) is 12.6. The van der Waals surface area contributed by atoms with Crippen LogP contribution in [0.3, 0.4) is 0 Å². The van der Waals surface area contributed by atoms with E-state index >= 15 is 0 Å². The molecule has 0 aromatic heterocycles. The molecule has 0 bridgehead atoms. The molecule has 2 heteroatoms. The van der Waals surface area contributed by atoms with Gasteiger partial charge in [-0.25, -0.2) is 0 Å². The monoisotopic (exact) mass is 227 g/mol. The van der Waals surface area contributed by atoms with Gasteiger partial charge in [-0.1, -0.05) is 35.9 Å². The smallest absolute Gasteiger partial charge is 0.123 e. The Morgan fingerprint density at radius 2 is 1.88 bits per heavy atom. The van der Waals surface area contributed by atoms with Crippen LogP contribution in [0.5, 0.6) is 5.75 Å². The highest BCUT2D eigenvalue weighted by Crippen LogP contribution is 2.31. The average Bonchev–Trinajstić information content (AvgIpc) is 2.29. The summed E-state index contributed by atoms with van der Waals surface area (Å²) in [4.78, 5) is 0. The molecular weight excluding hydrogens is 210 g/mol. The summed E-state index contributed by atoms with van der Waals surface area (Å²) < 4.78 is 0. The third kappa shape index (κ3) is 2.32. The van der Waals surface area contributed by atoms with E-state index in [0.29, 0.717) is 5.75 Å². The quantitative estimate of drug-likeness (QED) is 0.788. The van der Waals surface area contributed by atoms with Gasteiger partial charge in [0.15, 0.2) is 0 Å². The van der Waals surface area contributed by atoms with Crippen molar-refractivity contribution < 1.29 is 5.11 Å². The number of aromatic hydroxyl groups is 1. The third-order valence-corrected chi connectivity index (χ3v) is 2.90. The Morgan fingerprint density at radius 3 is 2.53 bits per heavy atom. The van der Waals surface area contributed by atoms with E-state index < -0.39 is 0 Å². The maximum atomic E-state index is 9.80. The summed E-state index contributed by atoms with van der Waals surface area (Å²) in [5, 5.41) is 11.7. The standard InChI is InChI=1S/C15H17NO/c1-10(2)9-14(16)12-7-8-15(17)13-6-4-3-5-11(12)13/h3-8,14,17H,1,9,16H2,2H3/t14-/m0/s1. The molecule has 2 aromatic rings. The van der Waals surface area contributed by atoms with Gasteiger partial charge in [0.2, 0.25) is 0 Å². The molecule has 0 aliphatic heterocycles. The predicted octanol–water partition coefficient (Wildman–Crippen LogP) is 3.51. The van der Waals surface area contributed by atoms with Gasteiger partial charge in [0.1, 0.15) is 5.75 Å². The van der Waals surface area contributed by atoms with E-state index in [1.807, 2.05) is 37.3 Å². The molecule has 0 aliphatic rings. The number of fused-ring (bicyclic) bond motifs is 1. The van der Waals surface area contributed by atoms with Crippen LogP contribution in [0.4, 0.5) is 0 Å². The highest BCUT2D eigenvalue weighted by molar-refractivity contribution is 5.91. The van der Waals surface area contributed by atoms with Crippen LogP contribution in [0, 0.1) is 0 Å². The van der Waals surface area contributed by atoms with E-state index in [-0.39, 0.29) is 6.04 Å². The number of phenols is 1. The Morgan fingerprint density at radius 1 is 1.24 bits per heavy atom. The molecule has 17 heavy (non-hydrogen) atoms. The van der Waals surface area contributed by atoms with Crippen molar-refractivity contribution in [1.82, 2.24) is 0 Å². The Balaban J connectivity index is 2.55. The SMILES string of the molecule is C=C(C)C[C@H](N)c1ccc(O)c2ccccc12. The molecule has 2 nitrogen and oxygen atoms in total. The second-order valence-electron chi connectivity index (χ2n) is 4.49. The maximum Gasteiger partial charge on any atom is 0.123 e. The number of benzene rings is 2. The molecule has 0 saturated carbocycles. The third-order valence-electron chi connectivity index (χ3n) is 2.90. The van der Waals surface area contributed by atoms with Gasteiger partial charge in [-0.3, -0.25) is 0 Å². The fourth-order valence-electron chi connectivity index (χ4n) is 2.12. The van der Waals surface area contributed by atoms with Gasteiger partial charge in [0.25, 0.3) is 0 Å². The van der Waals surface area contributed by atoms with Gasteiger partial charge in [-0.15, -0.1) is 6.58 Å². The van der Waals surface area contributed by atoms with Crippen molar-refractivity contribution >= 4 is 10.8 Å². The van der Waals surface area contributed by atoms with E-state index in [1.165, 1.54) is 0 Å². The lowest BCUT2D eigenvalue weighted by molar-refractivity contribution is 0.481. The summed E-state index contributed by atoms with van der Waals surface area (Å²) in [5.74, 6) is 0.298. The summed E-state index contributed by atoms with van der Waals surface area (Å²) in [6, 6.07) is 11.3. The number of hydrogen-bond donors (Lipinski definition) is 2. The lowest BCUT2D eigenvalue weighted by Gasteiger charge is -2.15. The molecule has 0 amide bonds. The van der Waals surface area contributed by atoms with Gasteiger partial charge in [-0.05, 0) is 30.4 Å². The van der Waals surface area contributed by atoms with Crippen molar-refractivity contribution in [2.45, 2.75) is 19.4 Å². The first-order chi connectivity index (χ1) is 8.09. The molecule has 0 fully saturated rings. The first-order valence-corrected chi connectivity index (χ1v) is 5.70. The first-order valence-electron chi connectivity index (χ1n) is 5.70. The van der Waals surface area contributed by atoms with Crippen LogP contribution in [-0.2, 0) is 0 Å². The van der Waals surface area contributed by atoms with Crippen molar-refractivity contribution in [3.63, 3.8) is 0 Å². The van der Waals surface area contributed by atoms with Crippen LogP contribution in [0.15, 0.2) is 48.6 Å². The molecular formula is C15H17NO. The average molecular weight is 227 g/mol. The summed E-state index contributed by atoms with van der Waals surface area (Å²) in [7, 11) is 0. The summed E-state index contributed by atoms with van der Waals surface area (Å²) in [5.41, 5.74) is 8.29. The lowest BCUT2D eigenvalue weighted by Crippen LogP contribution is -2.10. The minimum absolute atomic E-state index is 0.0713. The first kappa shape index (κ1) is 11.7. The number of hydrogen-bond acceptors (Lipinski definition) is 2. The van der Waals surface area contributed by atoms with Crippen LogP contribution >= 0.6 is 0 Å². The Kier molecular flexibility index (Phi) is 3.16. The summed E-state index contributed by atoms with van der Waals surface area (Å²) in [6.07, 6.45) is 0.759. The zero-order chi connectivity index (χ0) is 12.4. The van der Waals surface area contributed by atoms with Crippen LogP contribution < -0.4 is 5.73 Å². The number of nitrogens with two attached hydrogens (primary N) is 1. The van der Waals surface area contributed by atoms with Crippen molar-refractivity contribution in [2.75, 3.05) is 0 Å². The topological polar surface area (TPSA) is 46.2 Å². The van der Waals surface area contributed by atoms with E-state index in [2.05, 4.69) is 6.58 Å². The van der Waals surface area contributed by atoms with Crippen molar-refractivity contribution in [3.8, 4) is 5.75 Å². The van der Waals surface area contributed by atoms with Crippen molar-refractivity contribution in [3.05, 3.63) is 54.1 Å². The second kappa shape index (κ2) is 4.60. The zero-order valence-corrected chi connectivity index (χ0v) is 9.98. The molecule has 88 valence electrons. The second-order valence-corrected chi connectivity index (χ2v) is 4.49. The molecule has 0 heterocycles. The van der Waals surface area contributed by atoms with Crippen molar-refractivity contribution in [2.24, 2.45) is 5.73 Å². The molecule has 2 aromatic carbocycles. The van der Waals surface area contributed by atoms with E-state index in [9.17, 15) is 5.11 Å². The molecule has 3 N–H and O–H groups in total. The molecule has 0 saturated heterocycles. The highest BCUT2D eigenvalue weighted by Gasteiger charge is 2.11. The highest BCUT2D eigenvalue weighted by atomic mass is 16.3. The molecule has 0 spiro atoms. The minimum Gasteiger partial charge on any atom is -0.507 e. The molecule has 0 radical (unpaired) electrons. The van der Waals surface area contributed by atoms with Crippen LogP contribution in [-0.4, -0.2) is 5.11 Å². The molecule has 2 rings (SSSR count). The Labute approximate surface area is 101 Å². The predicted molar refractivity (Wildman–Crippen MR) is 72.0 cm³/mol. The zero-order valence-electron chi connectivity index (χ0n) is 9.98. The minimum atomic E-state index is -0.0713. The Bertz CT molecular complexity index is 560. The lowest BCUT2D eigenvalue weighted by atomic mass is 9.95. The summed E-state index contributed by atoms with van der Waals surface area (Å²) >= 11 is 0. The molecule has 1 atom stereocenters. The van der Waals surface area contributed by atoms with Crippen LogP contribution in [0.2, 0.25) is 0 Å². The van der Waals surface area contributed by atoms with E-state index in [4.69, 9.17) is 5.73 Å². The fraction of sp³-hybridized carbons (Fsp3) is 0.200. The van der Waals surface area contributed by atoms with E-state index in [1.54, 1.807) is 6.07 Å². The van der Waals surface area contributed by atoms with E-state index in [0.717, 1.165) is 28.3 Å². The van der Waals surface area contributed by atoms with Gasteiger partial charge in [0.05, 0.1) is 0 Å². The molecule has 0 aliphatic carbocycles. The fourth-order valence-corrected chi connectivity index (χ4v) is 2.12. The van der Waals surface area contributed by atoms with Gasteiger partial charge >= 0.3 is 0 Å².